The average Bonchev–Trinajstić information content (AvgIpc) is 2.84. The van der Waals surface area contributed by atoms with E-state index in [4.69, 9.17) is 0 Å². The SMILES string of the molecule is CCC[C@H](O)[C@@H](NC(C)=O)C(=O)N1C(=O)N(C)[C@@H](C)[C@H]1c1ccccc1. The van der Waals surface area contributed by atoms with Gasteiger partial charge < -0.3 is 15.3 Å². The topological polar surface area (TPSA) is 90.0 Å². The lowest BCUT2D eigenvalue weighted by atomic mass is 9.98. The van der Waals surface area contributed by atoms with Crippen LogP contribution in [0.1, 0.15) is 45.2 Å². The van der Waals surface area contributed by atoms with Gasteiger partial charge in [0.05, 0.1) is 18.2 Å². The zero-order chi connectivity index (χ0) is 19.4. The number of imide groups is 1. The van der Waals surface area contributed by atoms with Gasteiger partial charge in [-0.15, -0.1) is 0 Å². The number of nitrogens with one attached hydrogen (secondary N) is 1. The molecule has 0 radical (unpaired) electrons. The highest BCUT2D eigenvalue weighted by Crippen LogP contribution is 2.35. The van der Waals surface area contributed by atoms with Crippen LogP contribution in [0.2, 0.25) is 0 Å². The number of likely N-dealkylation sites (N-methyl/N-ethyl adjacent to an activating group) is 1. The fourth-order valence-corrected chi connectivity index (χ4v) is 3.35. The second-order valence-corrected chi connectivity index (χ2v) is 6.73. The van der Waals surface area contributed by atoms with Crippen molar-refractivity contribution in [2.24, 2.45) is 0 Å². The molecule has 1 fully saturated rings. The van der Waals surface area contributed by atoms with E-state index >= 15 is 0 Å². The Labute approximate surface area is 154 Å². The Hall–Kier alpha value is -2.41. The van der Waals surface area contributed by atoms with E-state index in [0.29, 0.717) is 12.8 Å². The van der Waals surface area contributed by atoms with Crippen molar-refractivity contribution in [3.05, 3.63) is 35.9 Å². The van der Waals surface area contributed by atoms with Crippen molar-refractivity contribution in [3.8, 4) is 0 Å². The number of hydrogen-bond donors (Lipinski definition) is 2. The lowest BCUT2D eigenvalue weighted by Crippen LogP contribution is -2.55. The minimum Gasteiger partial charge on any atom is -0.390 e. The summed E-state index contributed by atoms with van der Waals surface area (Å²) in [6, 6.07) is 7.01. The molecule has 142 valence electrons. The van der Waals surface area contributed by atoms with Gasteiger partial charge in [0.25, 0.3) is 5.91 Å². The minimum absolute atomic E-state index is 0.227. The van der Waals surface area contributed by atoms with E-state index in [2.05, 4.69) is 5.32 Å². The molecule has 4 amide bonds. The van der Waals surface area contributed by atoms with Crippen molar-refractivity contribution in [3.63, 3.8) is 0 Å². The summed E-state index contributed by atoms with van der Waals surface area (Å²) in [5.74, 6) is -1.01. The number of amides is 4. The summed E-state index contributed by atoms with van der Waals surface area (Å²) in [6.07, 6.45) is -0.0568. The monoisotopic (exact) mass is 361 g/mol. The summed E-state index contributed by atoms with van der Waals surface area (Å²) in [5, 5.41) is 12.9. The molecule has 1 saturated heterocycles. The van der Waals surface area contributed by atoms with Crippen LogP contribution in [0.15, 0.2) is 30.3 Å². The number of nitrogens with zero attached hydrogens (tertiary/aromatic N) is 2. The van der Waals surface area contributed by atoms with Gasteiger partial charge in [-0.1, -0.05) is 43.7 Å². The zero-order valence-corrected chi connectivity index (χ0v) is 15.7. The quantitative estimate of drug-likeness (QED) is 0.807. The van der Waals surface area contributed by atoms with Gasteiger partial charge in [0.2, 0.25) is 5.91 Å². The van der Waals surface area contributed by atoms with Gasteiger partial charge in [-0.25, -0.2) is 4.79 Å². The second kappa shape index (κ2) is 8.31. The summed E-state index contributed by atoms with van der Waals surface area (Å²) in [5.41, 5.74) is 0.831. The van der Waals surface area contributed by atoms with Crippen molar-refractivity contribution < 1.29 is 19.5 Å². The van der Waals surface area contributed by atoms with E-state index in [0.717, 1.165) is 5.56 Å². The molecule has 1 aliphatic rings. The Morgan fingerprint density at radius 3 is 2.42 bits per heavy atom. The number of aliphatic hydroxyl groups is 1. The van der Waals surface area contributed by atoms with Crippen LogP contribution in [0, 0.1) is 0 Å². The van der Waals surface area contributed by atoms with Gasteiger partial charge in [-0.05, 0) is 18.9 Å². The molecule has 0 bridgehead atoms. The highest BCUT2D eigenvalue weighted by Gasteiger charge is 2.48. The molecule has 1 aromatic rings. The van der Waals surface area contributed by atoms with Gasteiger partial charge in [-0.2, -0.15) is 0 Å². The molecular weight excluding hydrogens is 334 g/mol. The molecule has 7 nitrogen and oxygen atoms in total. The average molecular weight is 361 g/mol. The zero-order valence-electron chi connectivity index (χ0n) is 15.7. The lowest BCUT2D eigenvalue weighted by molar-refractivity contribution is -0.138. The number of rotatable bonds is 6. The maximum absolute atomic E-state index is 13.2. The van der Waals surface area contributed by atoms with Crippen molar-refractivity contribution in [1.29, 1.82) is 0 Å². The minimum atomic E-state index is -1.15. The van der Waals surface area contributed by atoms with Crippen LogP contribution in [0.25, 0.3) is 0 Å². The van der Waals surface area contributed by atoms with Crippen LogP contribution in [-0.2, 0) is 9.59 Å². The highest BCUT2D eigenvalue weighted by molar-refractivity contribution is 6.00. The van der Waals surface area contributed by atoms with E-state index in [-0.39, 0.29) is 6.04 Å². The molecule has 7 heteroatoms. The first kappa shape index (κ1) is 19.9. The molecule has 26 heavy (non-hydrogen) atoms. The third-order valence-electron chi connectivity index (χ3n) is 4.83. The van der Waals surface area contributed by atoms with Crippen LogP contribution < -0.4 is 5.32 Å². The number of urea groups is 1. The summed E-state index contributed by atoms with van der Waals surface area (Å²) in [6.45, 7) is 5.04. The van der Waals surface area contributed by atoms with E-state index in [1.807, 2.05) is 44.2 Å². The second-order valence-electron chi connectivity index (χ2n) is 6.73. The number of hydrogen-bond acceptors (Lipinski definition) is 4. The van der Waals surface area contributed by atoms with Gasteiger partial charge in [0, 0.05) is 14.0 Å². The first-order valence-electron chi connectivity index (χ1n) is 8.89. The van der Waals surface area contributed by atoms with Crippen LogP contribution in [0.4, 0.5) is 4.79 Å². The van der Waals surface area contributed by atoms with Crippen molar-refractivity contribution in [2.45, 2.75) is 57.8 Å². The first-order valence-corrected chi connectivity index (χ1v) is 8.89. The predicted molar refractivity (Wildman–Crippen MR) is 97.2 cm³/mol. The smallest absolute Gasteiger partial charge is 0.327 e. The molecule has 0 aromatic heterocycles. The summed E-state index contributed by atoms with van der Waals surface area (Å²) < 4.78 is 0. The molecule has 0 aliphatic carbocycles. The van der Waals surface area contributed by atoms with Gasteiger partial charge in [-0.3, -0.25) is 14.5 Å². The fourth-order valence-electron chi connectivity index (χ4n) is 3.35. The Morgan fingerprint density at radius 2 is 1.88 bits per heavy atom. The number of benzene rings is 1. The van der Waals surface area contributed by atoms with Crippen LogP contribution in [0.3, 0.4) is 0 Å². The van der Waals surface area contributed by atoms with Crippen LogP contribution in [0.5, 0.6) is 0 Å². The van der Waals surface area contributed by atoms with E-state index in [1.165, 1.54) is 16.7 Å². The molecular formula is C19H27N3O4. The number of aliphatic hydroxyl groups excluding tert-OH is 1. The normalized spacial score (nSPS) is 22.3. The van der Waals surface area contributed by atoms with E-state index < -0.39 is 36.0 Å². The molecule has 4 atom stereocenters. The van der Waals surface area contributed by atoms with Gasteiger partial charge in [0.15, 0.2) is 0 Å². The largest absolute Gasteiger partial charge is 0.390 e. The molecule has 1 aromatic carbocycles. The van der Waals surface area contributed by atoms with E-state index in [1.54, 1.807) is 7.05 Å². The maximum atomic E-state index is 13.2. The van der Waals surface area contributed by atoms with Gasteiger partial charge >= 0.3 is 6.03 Å². The van der Waals surface area contributed by atoms with Crippen LogP contribution in [-0.4, -0.2) is 58.0 Å². The Bertz CT molecular complexity index is 664. The third-order valence-corrected chi connectivity index (χ3v) is 4.83. The Morgan fingerprint density at radius 1 is 1.27 bits per heavy atom. The molecule has 0 saturated carbocycles. The Kier molecular flexibility index (Phi) is 6.37. The predicted octanol–water partition coefficient (Wildman–Crippen LogP) is 1.68. The van der Waals surface area contributed by atoms with E-state index in [9.17, 15) is 19.5 Å². The molecule has 0 unspecified atom stereocenters. The highest BCUT2D eigenvalue weighted by atomic mass is 16.3. The summed E-state index contributed by atoms with van der Waals surface area (Å²) in [4.78, 5) is 40.2. The van der Waals surface area contributed by atoms with Gasteiger partial charge in [0.1, 0.15) is 6.04 Å². The first-order chi connectivity index (χ1) is 12.3. The molecule has 1 aliphatic heterocycles. The Balaban J connectivity index is 2.41. The summed E-state index contributed by atoms with van der Waals surface area (Å²) >= 11 is 0. The molecule has 0 spiro atoms. The van der Waals surface area contributed by atoms with Crippen molar-refractivity contribution in [2.75, 3.05) is 7.05 Å². The summed E-state index contributed by atoms with van der Waals surface area (Å²) in [7, 11) is 1.64. The number of carbonyl (C=O) groups is 3. The van der Waals surface area contributed by atoms with Crippen LogP contribution >= 0.6 is 0 Å². The third kappa shape index (κ3) is 3.88. The number of carbonyl (C=O) groups excluding carboxylic acids is 3. The lowest BCUT2D eigenvalue weighted by Gasteiger charge is -2.30. The molecule has 2 N–H and O–H groups in total. The maximum Gasteiger partial charge on any atom is 0.327 e. The molecule has 1 heterocycles. The standard InChI is InChI=1S/C19H27N3O4/c1-5-9-15(24)16(20-13(3)23)18(25)22-17(12(2)21(4)19(22)26)14-10-7-6-8-11-14/h6-8,10-12,15-17,24H,5,9H2,1-4H3,(H,20,23)/t12-,15-,16+,17-/m0/s1. The molecule has 2 rings (SSSR count). The fraction of sp³-hybridized carbons (Fsp3) is 0.526. The van der Waals surface area contributed by atoms with Crippen molar-refractivity contribution in [1.82, 2.24) is 15.1 Å². The van der Waals surface area contributed by atoms with Crippen molar-refractivity contribution >= 4 is 17.8 Å².